The summed E-state index contributed by atoms with van der Waals surface area (Å²) in [6.07, 6.45) is -5.44. The summed E-state index contributed by atoms with van der Waals surface area (Å²) in [4.78, 5) is 70.3. The van der Waals surface area contributed by atoms with Crippen molar-refractivity contribution in [3.8, 4) is 0 Å². The molecule has 13 nitrogen and oxygen atoms in total. The van der Waals surface area contributed by atoms with Crippen molar-refractivity contribution in [1.29, 1.82) is 0 Å². The number of methoxy groups -OCH3 is 1. The van der Waals surface area contributed by atoms with E-state index in [9.17, 15) is 24.0 Å². The van der Waals surface area contributed by atoms with Crippen LogP contribution < -0.4 is 0 Å². The second-order valence-electron chi connectivity index (χ2n) is 11.2. The predicted molar refractivity (Wildman–Crippen MR) is 144 cm³/mol. The van der Waals surface area contributed by atoms with E-state index in [-0.39, 0.29) is 18.4 Å². The Bertz CT molecular complexity index is 1140. The molecular formula is C29H40N2O11. The summed E-state index contributed by atoms with van der Waals surface area (Å²) in [7, 11) is 2.73. The lowest BCUT2D eigenvalue weighted by atomic mass is 9.97. The molecule has 3 rings (SSSR count). The van der Waals surface area contributed by atoms with Gasteiger partial charge in [-0.1, -0.05) is 47.6 Å². The first kappa shape index (κ1) is 32.9. The molecule has 1 aromatic rings. The average Bonchev–Trinajstić information content (AvgIpc) is 3.23. The zero-order chi connectivity index (χ0) is 31.3. The van der Waals surface area contributed by atoms with Crippen molar-refractivity contribution in [3.63, 3.8) is 0 Å². The number of amides is 1. The van der Waals surface area contributed by atoms with Crippen LogP contribution in [-0.2, 0) is 52.4 Å². The van der Waals surface area contributed by atoms with E-state index in [1.54, 1.807) is 67.1 Å². The van der Waals surface area contributed by atoms with E-state index in [1.807, 2.05) is 6.07 Å². The molecule has 0 aromatic carbocycles. The Morgan fingerprint density at radius 2 is 1.45 bits per heavy atom. The smallest absolute Gasteiger partial charge is 0.339 e. The van der Waals surface area contributed by atoms with Crippen LogP contribution in [0.1, 0.15) is 59.6 Å². The van der Waals surface area contributed by atoms with Crippen LogP contribution in [0.25, 0.3) is 0 Å². The first-order valence-corrected chi connectivity index (χ1v) is 13.9. The fourth-order valence-electron chi connectivity index (χ4n) is 4.48. The van der Waals surface area contributed by atoms with Gasteiger partial charge < -0.3 is 33.3 Å². The van der Waals surface area contributed by atoms with Gasteiger partial charge in [0.15, 0.2) is 24.4 Å². The standard InChI is InChI=1S/C29H40N2O11/c1-14(2)25(33)39-20-21(40-26(34)15(3)4)23(41-27(35)16(5)6)29(42-22(20)28(36)37-8)38-19-12-18(31(7)24(19)32)17-10-9-11-30-13-17/h9-11,13-16,18-23,29H,12H2,1-8H3/t18-,19+,20+,21-,22+,23-,29-/m1/s1. The van der Waals surface area contributed by atoms with Crippen molar-refractivity contribution >= 4 is 29.8 Å². The largest absolute Gasteiger partial charge is 0.467 e. The molecule has 42 heavy (non-hydrogen) atoms. The zero-order valence-corrected chi connectivity index (χ0v) is 25.2. The number of carbonyl (C=O) groups excluding carboxylic acids is 5. The van der Waals surface area contributed by atoms with Gasteiger partial charge in [-0.2, -0.15) is 0 Å². The lowest BCUT2D eigenvalue weighted by molar-refractivity contribution is -0.309. The highest BCUT2D eigenvalue weighted by Gasteiger charge is 2.57. The fraction of sp³-hybridized carbons (Fsp3) is 0.655. The van der Waals surface area contributed by atoms with E-state index >= 15 is 0 Å². The minimum Gasteiger partial charge on any atom is -0.467 e. The van der Waals surface area contributed by atoms with Gasteiger partial charge in [-0.05, 0) is 11.6 Å². The third-order valence-electron chi connectivity index (χ3n) is 6.99. The third-order valence-corrected chi connectivity index (χ3v) is 6.99. The molecule has 0 bridgehead atoms. The van der Waals surface area contributed by atoms with Gasteiger partial charge in [-0.15, -0.1) is 0 Å². The maximum Gasteiger partial charge on any atom is 0.339 e. The Hall–Kier alpha value is -3.58. The molecule has 2 aliphatic heterocycles. The second kappa shape index (κ2) is 14.1. The zero-order valence-electron chi connectivity index (χ0n) is 25.2. The second-order valence-corrected chi connectivity index (χ2v) is 11.2. The third kappa shape index (κ3) is 7.43. The van der Waals surface area contributed by atoms with Crippen molar-refractivity contribution in [2.24, 2.45) is 17.8 Å². The number of rotatable bonds is 10. The molecule has 2 fully saturated rings. The Morgan fingerprint density at radius 3 is 1.95 bits per heavy atom. The van der Waals surface area contributed by atoms with Crippen LogP contribution in [0.2, 0.25) is 0 Å². The van der Waals surface area contributed by atoms with Gasteiger partial charge in [0.1, 0.15) is 6.10 Å². The van der Waals surface area contributed by atoms with Crippen molar-refractivity contribution in [3.05, 3.63) is 30.1 Å². The number of nitrogens with zero attached hydrogens (tertiary/aromatic N) is 2. The van der Waals surface area contributed by atoms with Gasteiger partial charge in [0, 0.05) is 25.9 Å². The molecule has 0 unspecified atom stereocenters. The molecule has 0 aliphatic carbocycles. The number of pyridine rings is 1. The highest BCUT2D eigenvalue weighted by molar-refractivity contribution is 5.83. The summed E-state index contributed by atoms with van der Waals surface area (Å²) in [5.74, 6) is -5.33. The van der Waals surface area contributed by atoms with E-state index in [0.717, 1.165) is 12.7 Å². The van der Waals surface area contributed by atoms with Crippen LogP contribution in [0, 0.1) is 17.8 Å². The first-order valence-electron chi connectivity index (χ1n) is 13.9. The van der Waals surface area contributed by atoms with Crippen LogP contribution in [0.4, 0.5) is 0 Å². The summed E-state index contributed by atoms with van der Waals surface area (Å²) in [5.41, 5.74) is 0.781. The van der Waals surface area contributed by atoms with Crippen LogP contribution in [-0.4, -0.2) is 90.6 Å². The highest BCUT2D eigenvalue weighted by Crippen LogP contribution is 2.37. The van der Waals surface area contributed by atoms with Crippen molar-refractivity contribution < 1.29 is 52.4 Å². The van der Waals surface area contributed by atoms with Crippen LogP contribution >= 0.6 is 0 Å². The summed E-state index contributed by atoms with van der Waals surface area (Å²) in [5, 5.41) is 0. The SMILES string of the molecule is COC(=O)[C@H]1O[C@@H](O[C@H]2C[C@H](c3cccnc3)N(C)C2=O)[C@H](OC(=O)C(C)C)[C@H](OC(=O)C(C)C)[C@@H]1OC(=O)C(C)C. The summed E-state index contributed by atoms with van der Waals surface area (Å²) < 4.78 is 34.1. The molecule has 3 heterocycles. The molecule has 0 spiro atoms. The van der Waals surface area contributed by atoms with Gasteiger partial charge in [-0.3, -0.25) is 24.2 Å². The van der Waals surface area contributed by atoms with E-state index in [1.165, 1.54) is 4.90 Å². The number of hydrogen-bond acceptors (Lipinski definition) is 12. The number of likely N-dealkylation sites (tertiary alicyclic amines) is 1. The number of carbonyl (C=O) groups is 5. The van der Waals surface area contributed by atoms with Gasteiger partial charge in [-0.25, -0.2) is 4.79 Å². The van der Waals surface area contributed by atoms with Gasteiger partial charge >= 0.3 is 23.9 Å². The monoisotopic (exact) mass is 592 g/mol. The molecule has 0 radical (unpaired) electrons. The normalized spacial score (nSPS) is 27.7. The van der Waals surface area contributed by atoms with E-state index in [0.29, 0.717) is 0 Å². The molecule has 2 saturated heterocycles. The Kier molecular flexibility index (Phi) is 11.0. The molecule has 1 aromatic heterocycles. The van der Waals surface area contributed by atoms with Crippen LogP contribution in [0.15, 0.2) is 24.5 Å². The number of hydrogen-bond donors (Lipinski definition) is 0. The molecule has 13 heteroatoms. The lowest BCUT2D eigenvalue weighted by Gasteiger charge is -2.44. The van der Waals surface area contributed by atoms with E-state index < -0.39 is 78.4 Å². The molecule has 2 aliphatic rings. The van der Waals surface area contributed by atoms with Crippen LogP contribution in [0.3, 0.4) is 0 Å². The summed E-state index contributed by atoms with van der Waals surface area (Å²) in [6, 6.07) is 3.21. The Balaban J connectivity index is 2.05. The fourth-order valence-corrected chi connectivity index (χ4v) is 4.48. The first-order chi connectivity index (χ1) is 19.8. The Labute approximate surface area is 245 Å². The number of esters is 4. The van der Waals surface area contributed by atoms with Crippen molar-refractivity contribution in [2.45, 2.75) is 90.8 Å². The number of ether oxygens (including phenoxy) is 6. The van der Waals surface area contributed by atoms with E-state index in [2.05, 4.69) is 4.98 Å². The van der Waals surface area contributed by atoms with Crippen LogP contribution in [0.5, 0.6) is 0 Å². The predicted octanol–water partition coefficient (Wildman–Crippen LogP) is 1.97. The summed E-state index contributed by atoms with van der Waals surface area (Å²) >= 11 is 0. The average molecular weight is 593 g/mol. The lowest BCUT2D eigenvalue weighted by Crippen LogP contribution is -2.65. The van der Waals surface area contributed by atoms with Crippen molar-refractivity contribution in [2.75, 3.05) is 14.2 Å². The van der Waals surface area contributed by atoms with Crippen molar-refractivity contribution in [1.82, 2.24) is 9.88 Å². The minimum atomic E-state index is -1.63. The maximum atomic E-state index is 13.3. The molecule has 0 N–H and O–H groups in total. The molecule has 7 atom stereocenters. The Morgan fingerprint density at radius 1 is 0.905 bits per heavy atom. The number of aromatic nitrogens is 1. The highest BCUT2D eigenvalue weighted by atomic mass is 16.7. The van der Waals surface area contributed by atoms with Gasteiger partial charge in [0.05, 0.1) is 30.9 Å². The maximum absolute atomic E-state index is 13.3. The van der Waals surface area contributed by atoms with Gasteiger partial charge in [0.2, 0.25) is 6.29 Å². The summed E-state index contributed by atoms with van der Waals surface area (Å²) in [6.45, 7) is 9.53. The quantitative estimate of drug-likeness (QED) is 0.288. The molecular weight excluding hydrogens is 552 g/mol. The number of likely N-dealkylation sites (N-methyl/N-ethyl adjacent to an activating group) is 1. The molecule has 1 amide bonds. The molecule has 0 saturated carbocycles. The van der Waals surface area contributed by atoms with E-state index in [4.69, 9.17) is 28.4 Å². The molecule has 232 valence electrons. The minimum absolute atomic E-state index is 0.191. The van der Waals surface area contributed by atoms with Gasteiger partial charge in [0.25, 0.3) is 5.91 Å². The topological polar surface area (TPSA) is 157 Å².